The van der Waals surface area contributed by atoms with Gasteiger partial charge in [0, 0.05) is 31.3 Å². The van der Waals surface area contributed by atoms with Crippen molar-refractivity contribution in [3.8, 4) is 5.75 Å². The number of benzene rings is 2. The molecule has 120 valence electrons. The number of rotatable bonds is 5. The van der Waals surface area contributed by atoms with Gasteiger partial charge < -0.3 is 9.64 Å². The number of hydrogen-bond acceptors (Lipinski definition) is 4. The first kappa shape index (κ1) is 16.4. The van der Waals surface area contributed by atoms with Crippen LogP contribution in [0.5, 0.6) is 5.75 Å². The highest BCUT2D eigenvalue weighted by molar-refractivity contribution is 5.94. The summed E-state index contributed by atoms with van der Waals surface area (Å²) in [4.78, 5) is 23.9. The Labute approximate surface area is 132 Å². The maximum Gasteiger partial charge on any atom is 0.270 e. The highest BCUT2D eigenvalue weighted by Crippen LogP contribution is 2.19. The molecule has 2 aromatic rings. The largest absolute Gasteiger partial charge is 0.494 e. The SMILES string of the molecule is COc1ccc(CN(C)C(=O)c2cccc([N+](=O)[O-])c2)cc1F. The number of nitrogens with zero attached hydrogens (tertiary/aromatic N) is 2. The van der Waals surface area contributed by atoms with E-state index in [-0.39, 0.29) is 29.5 Å². The molecule has 0 saturated carbocycles. The minimum Gasteiger partial charge on any atom is -0.494 e. The van der Waals surface area contributed by atoms with E-state index in [4.69, 9.17) is 4.74 Å². The molecule has 7 heteroatoms. The van der Waals surface area contributed by atoms with Crippen molar-refractivity contribution in [3.05, 3.63) is 69.5 Å². The zero-order chi connectivity index (χ0) is 17.0. The first-order valence-corrected chi connectivity index (χ1v) is 6.74. The molecule has 23 heavy (non-hydrogen) atoms. The smallest absolute Gasteiger partial charge is 0.270 e. The van der Waals surface area contributed by atoms with Gasteiger partial charge in [0.15, 0.2) is 11.6 Å². The Morgan fingerprint density at radius 2 is 2.04 bits per heavy atom. The van der Waals surface area contributed by atoms with Crippen LogP contribution in [0.4, 0.5) is 10.1 Å². The number of halogens is 1. The van der Waals surface area contributed by atoms with Crippen molar-refractivity contribution in [2.45, 2.75) is 6.54 Å². The van der Waals surface area contributed by atoms with E-state index in [1.807, 2.05) is 0 Å². The van der Waals surface area contributed by atoms with Gasteiger partial charge in [-0.15, -0.1) is 0 Å². The van der Waals surface area contributed by atoms with E-state index in [0.29, 0.717) is 5.56 Å². The Hall–Kier alpha value is -2.96. The van der Waals surface area contributed by atoms with Crippen LogP contribution < -0.4 is 4.74 Å². The fourth-order valence-electron chi connectivity index (χ4n) is 2.13. The molecule has 6 nitrogen and oxygen atoms in total. The summed E-state index contributed by atoms with van der Waals surface area (Å²) in [5, 5.41) is 10.8. The number of nitro groups is 1. The molecular formula is C16H15FN2O4. The van der Waals surface area contributed by atoms with Crippen molar-refractivity contribution < 1.29 is 18.8 Å². The average molecular weight is 318 g/mol. The van der Waals surface area contributed by atoms with Crippen LogP contribution in [0.15, 0.2) is 42.5 Å². The van der Waals surface area contributed by atoms with Crippen LogP contribution in [0.3, 0.4) is 0 Å². The fourth-order valence-corrected chi connectivity index (χ4v) is 2.13. The molecule has 2 aromatic carbocycles. The number of hydrogen-bond donors (Lipinski definition) is 0. The summed E-state index contributed by atoms with van der Waals surface area (Å²) in [6, 6.07) is 9.90. The zero-order valence-electron chi connectivity index (χ0n) is 12.7. The molecule has 1 amide bonds. The zero-order valence-corrected chi connectivity index (χ0v) is 12.7. The van der Waals surface area contributed by atoms with Gasteiger partial charge in [0.05, 0.1) is 12.0 Å². The highest BCUT2D eigenvalue weighted by atomic mass is 19.1. The molecule has 0 aromatic heterocycles. The number of amides is 1. The van der Waals surface area contributed by atoms with Crippen LogP contribution in [0, 0.1) is 15.9 Å². The average Bonchev–Trinajstić information content (AvgIpc) is 2.54. The number of carbonyl (C=O) groups is 1. The molecule has 0 heterocycles. The number of nitro benzene ring substituents is 1. The van der Waals surface area contributed by atoms with E-state index in [9.17, 15) is 19.3 Å². The minimum atomic E-state index is -0.560. The molecular weight excluding hydrogens is 303 g/mol. The van der Waals surface area contributed by atoms with Crippen molar-refractivity contribution in [1.82, 2.24) is 4.90 Å². The fraction of sp³-hybridized carbons (Fsp3) is 0.188. The summed E-state index contributed by atoms with van der Waals surface area (Å²) < 4.78 is 18.5. The van der Waals surface area contributed by atoms with Crippen LogP contribution in [0.2, 0.25) is 0 Å². The number of non-ortho nitro benzene ring substituents is 1. The Morgan fingerprint density at radius 1 is 1.30 bits per heavy atom. The van der Waals surface area contributed by atoms with Gasteiger partial charge in [-0.3, -0.25) is 14.9 Å². The molecule has 0 aliphatic rings. The summed E-state index contributed by atoms with van der Waals surface area (Å²) in [5.41, 5.74) is 0.639. The van der Waals surface area contributed by atoms with Gasteiger partial charge in [-0.2, -0.15) is 0 Å². The summed E-state index contributed by atoms with van der Waals surface area (Å²) in [6.45, 7) is 0.169. The molecule has 0 aliphatic carbocycles. The van der Waals surface area contributed by atoms with E-state index in [0.717, 1.165) is 0 Å². The van der Waals surface area contributed by atoms with Crippen LogP contribution in [-0.2, 0) is 6.54 Å². The van der Waals surface area contributed by atoms with Gasteiger partial charge in [0.2, 0.25) is 0 Å². The Morgan fingerprint density at radius 3 is 2.65 bits per heavy atom. The van der Waals surface area contributed by atoms with Crippen LogP contribution in [0.25, 0.3) is 0 Å². The first-order valence-electron chi connectivity index (χ1n) is 6.74. The summed E-state index contributed by atoms with van der Waals surface area (Å²) in [5.74, 6) is -0.771. The molecule has 0 spiro atoms. The highest BCUT2D eigenvalue weighted by Gasteiger charge is 2.16. The first-order chi connectivity index (χ1) is 10.9. The van der Waals surface area contributed by atoms with E-state index in [1.165, 1.54) is 48.4 Å². The molecule has 0 aliphatic heterocycles. The molecule has 0 N–H and O–H groups in total. The number of methoxy groups -OCH3 is 1. The second-order valence-corrected chi connectivity index (χ2v) is 4.94. The summed E-state index contributed by atoms with van der Waals surface area (Å²) in [6.07, 6.45) is 0. The second-order valence-electron chi connectivity index (χ2n) is 4.94. The van der Waals surface area contributed by atoms with Gasteiger partial charge in [-0.05, 0) is 23.8 Å². The third kappa shape index (κ3) is 3.82. The third-order valence-electron chi connectivity index (χ3n) is 3.29. The number of ether oxygens (including phenoxy) is 1. The van der Waals surface area contributed by atoms with E-state index < -0.39 is 10.7 Å². The van der Waals surface area contributed by atoms with Crippen LogP contribution >= 0.6 is 0 Å². The lowest BCUT2D eigenvalue weighted by atomic mass is 10.1. The second kappa shape index (κ2) is 6.87. The maximum absolute atomic E-state index is 13.7. The molecule has 0 unspecified atom stereocenters. The van der Waals surface area contributed by atoms with Crippen molar-refractivity contribution in [2.24, 2.45) is 0 Å². The molecule has 0 fully saturated rings. The molecule has 0 saturated heterocycles. The van der Waals surface area contributed by atoms with Gasteiger partial charge >= 0.3 is 0 Å². The van der Waals surface area contributed by atoms with E-state index in [1.54, 1.807) is 13.1 Å². The van der Waals surface area contributed by atoms with Crippen LogP contribution in [0.1, 0.15) is 15.9 Å². The Balaban J connectivity index is 2.15. The van der Waals surface area contributed by atoms with Crippen molar-refractivity contribution in [3.63, 3.8) is 0 Å². The lowest BCUT2D eigenvalue weighted by Gasteiger charge is -2.17. The monoisotopic (exact) mass is 318 g/mol. The van der Waals surface area contributed by atoms with E-state index >= 15 is 0 Å². The van der Waals surface area contributed by atoms with Gasteiger partial charge in [0.1, 0.15) is 0 Å². The summed E-state index contributed by atoms with van der Waals surface area (Å²) in [7, 11) is 2.92. The predicted molar refractivity (Wildman–Crippen MR) is 81.8 cm³/mol. The normalized spacial score (nSPS) is 10.2. The topological polar surface area (TPSA) is 72.7 Å². The van der Waals surface area contributed by atoms with Gasteiger partial charge in [0.25, 0.3) is 11.6 Å². The quantitative estimate of drug-likeness (QED) is 0.627. The number of carbonyl (C=O) groups excluding carboxylic acids is 1. The minimum absolute atomic E-state index is 0.126. The van der Waals surface area contributed by atoms with Crippen molar-refractivity contribution in [1.29, 1.82) is 0 Å². The Bertz CT molecular complexity index is 749. The standard InChI is InChI=1S/C16H15FN2O4/c1-18(10-11-6-7-15(23-2)14(17)8-11)16(20)12-4-3-5-13(9-12)19(21)22/h3-9H,10H2,1-2H3. The van der Waals surface area contributed by atoms with Crippen LogP contribution in [-0.4, -0.2) is 29.9 Å². The summed E-state index contributed by atoms with van der Waals surface area (Å²) >= 11 is 0. The molecule has 0 atom stereocenters. The third-order valence-corrected chi connectivity index (χ3v) is 3.29. The van der Waals surface area contributed by atoms with Gasteiger partial charge in [-0.25, -0.2) is 4.39 Å². The van der Waals surface area contributed by atoms with Gasteiger partial charge in [-0.1, -0.05) is 12.1 Å². The lowest BCUT2D eigenvalue weighted by Crippen LogP contribution is -2.26. The lowest BCUT2D eigenvalue weighted by molar-refractivity contribution is -0.384. The maximum atomic E-state index is 13.7. The molecule has 0 radical (unpaired) electrons. The molecule has 0 bridgehead atoms. The molecule has 2 rings (SSSR count). The Kier molecular flexibility index (Phi) is 4.90. The predicted octanol–water partition coefficient (Wildman–Crippen LogP) is 3.01. The van der Waals surface area contributed by atoms with E-state index in [2.05, 4.69) is 0 Å². The van der Waals surface area contributed by atoms with Crippen molar-refractivity contribution >= 4 is 11.6 Å². The van der Waals surface area contributed by atoms with Crippen molar-refractivity contribution in [2.75, 3.05) is 14.2 Å².